The lowest BCUT2D eigenvalue weighted by atomic mass is 9.94. The lowest BCUT2D eigenvalue weighted by Gasteiger charge is -2.17. The van der Waals surface area contributed by atoms with Crippen molar-refractivity contribution in [2.45, 2.75) is 19.0 Å². The van der Waals surface area contributed by atoms with Crippen molar-refractivity contribution in [2.24, 2.45) is 7.05 Å². The Morgan fingerprint density at radius 3 is 2.93 bits per heavy atom. The van der Waals surface area contributed by atoms with Gasteiger partial charge in [-0.3, -0.25) is 14.5 Å². The van der Waals surface area contributed by atoms with Gasteiger partial charge < -0.3 is 15.4 Å². The molecule has 3 aromatic rings. The van der Waals surface area contributed by atoms with Gasteiger partial charge in [0.25, 0.3) is 0 Å². The first kappa shape index (κ1) is 20.0. The average molecular weight is 403 g/mol. The number of carbonyl (C=O) groups excluding carboxylic acids is 1. The molecular weight excluding hydrogens is 378 g/mol. The fourth-order valence-electron chi connectivity index (χ4n) is 3.62. The first-order valence-electron chi connectivity index (χ1n) is 9.95. The van der Waals surface area contributed by atoms with E-state index < -0.39 is 0 Å². The minimum atomic E-state index is -0.242. The number of benzene rings is 1. The fourth-order valence-corrected chi connectivity index (χ4v) is 3.62. The molecule has 1 aromatic carbocycles. The number of nitrogens with one attached hydrogen (secondary N) is 2. The van der Waals surface area contributed by atoms with Crippen LogP contribution >= 0.6 is 0 Å². The minimum absolute atomic E-state index is 0.242. The van der Waals surface area contributed by atoms with Crippen LogP contribution in [0.1, 0.15) is 12.0 Å². The van der Waals surface area contributed by atoms with Crippen molar-refractivity contribution in [3.63, 3.8) is 0 Å². The molecule has 1 aliphatic heterocycles. The van der Waals surface area contributed by atoms with Crippen LogP contribution < -0.4 is 10.6 Å². The molecule has 30 heavy (non-hydrogen) atoms. The second-order valence-corrected chi connectivity index (χ2v) is 7.33. The highest BCUT2D eigenvalue weighted by molar-refractivity contribution is 5.99. The van der Waals surface area contributed by atoms with Crippen LogP contribution in [0.25, 0.3) is 22.3 Å². The predicted octanol–water partition coefficient (Wildman–Crippen LogP) is 3.15. The van der Waals surface area contributed by atoms with Gasteiger partial charge in [-0.25, -0.2) is 0 Å². The zero-order valence-electron chi connectivity index (χ0n) is 17.0. The molecule has 0 bridgehead atoms. The highest BCUT2D eigenvalue weighted by atomic mass is 16.5. The molecule has 7 nitrogen and oxygen atoms in total. The van der Waals surface area contributed by atoms with E-state index in [2.05, 4.69) is 27.3 Å². The van der Waals surface area contributed by atoms with Crippen molar-refractivity contribution in [1.29, 1.82) is 0 Å². The molecule has 1 amide bonds. The fraction of sp³-hybridized carbons (Fsp3) is 0.261. The Kier molecular flexibility index (Phi) is 6.02. The number of anilines is 1. The van der Waals surface area contributed by atoms with Gasteiger partial charge in [0.05, 0.1) is 12.8 Å². The molecule has 4 rings (SSSR count). The second kappa shape index (κ2) is 9.02. The van der Waals surface area contributed by atoms with Gasteiger partial charge in [0, 0.05) is 61.6 Å². The van der Waals surface area contributed by atoms with E-state index in [0.29, 0.717) is 18.3 Å². The summed E-state index contributed by atoms with van der Waals surface area (Å²) in [6.45, 7) is 5.76. The van der Waals surface area contributed by atoms with Gasteiger partial charge >= 0.3 is 0 Å². The number of rotatable bonds is 7. The third-order valence-corrected chi connectivity index (χ3v) is 5.20. The van der Waals surface area contributed by atoms with E-state index in [0.717, 1.165) is 47.5 Å². The molecule has 2 aromatic heterocycles. The number of amides is 1. The molecule has 1 aliphatic rings. The average Bonchev–Trinajstić information content (AvgIpc) is 3.44. The summed E-state index contributed by atoms with van der Waals surface area (Å²) in [5, 5.41) is 10.7. The van der Waals surface area contributed by atoms with Crippen LogP contribution in [0.2, 0.25) is 0 Å². The zero-order chi connectivity index (χ0) is 20.9. The van der Waals surface area contributed by atoms with Crippen LogP contribution in [-0.2, 0) is 23.1 Å². The number of nitrogens with zero attached hydrogens (tertiary/aromatic N) is 3. The van der Waals surface area contributed by atoms with Gasteiger partial charge in [0.1, 0.15) is 0 Å². The van der Waals surface area contributed by atoms with Crippen molar-refractivity contribution >= 4 is 11.6 Å². The third kappa shape index (κ3) is 4.48. The molecule has 7 heteroatoms. The van der Waals surface area contributed by atoms with Crippen molar-refractivity contribution < 1.29 is 9.53 Å². The molecular formula is C23H25N5O2. The number of aryl methyl sites for hydroxylation is 1. The molecule has 0 aliphatic carbocycles. The van der Waals surface area contributed by atoms with Gasteiger partial charge in [-0.05, 0) is 47.4 Å². The van der Waals surface area contributed by atoms with Crippen LogP contribution in [0.3, 0.4) is 0 Å². The monoisotopic (exact) mass is 403 g/mol. The summed E-state index contributed by atoms with van der Waals surface area (Å²) in [5.41, 5.74) is 5.88. The largest absolute Gasteiger partial charge is 0.380 e. The highest BCUT2D eigenvalue weighted by Gasteiger charge is 2.17. The van der Waals surface area contributed by atoms with Gasteiger partial charge in [0.15, 0.2) is 0 Å². The normalized spacial score (nSPS) is 15.8. The quantitative estimate of drug-likeness (QED) is 0.593. The number of hydrogen-bond donors (Lipinski definition) is 2. The van der Waals surface area contributed by atoms with E-state index in [9.17, 15) is 4.79 Å². The Balaban J connectivity index is 1.74. The number of carbonyl (C=O) groups is 1. The summed E-state index contributed by atoms with van der Waals surface area (Å²) in [6, 6.07) is 8.28. The maximum Gasteiger partial charge on any atom is 0.247 e. The Morgan fingerprint density at radius 2 is 2.20 bits per heavy atom. The molecule has 0 saturated carbocycles. The maximum absolute atomic E-state index is 11.8. The third-order valence-electron chi connectivity index (χ3n) is 5.20. The molecule has 1 unspecified atom stereocenters. The van der Waals surface area contributed by atoms with E-state index >= 15 is 0 Å². The number of pyridine rings is 1. The summed E-state index contributed by atoms with van der Waals surface area (Å²) in [6.07, 6.45) is 9.74. The lowest BCUT2D eigenvalue weighted by molar-refractivity contribution is -0.111. The molecule has 1 atom stereocenters. The first-order valence-corrected chi connectivity index (χ1v) is 9.95. The molecule has 0 radical (unpaired) electrons. The van der Waals surface area contributed by atoms with E-state index in [-0.39, 0.29) is 5.91 Å². The SMILES string of the molecule is C=CC(=O)Nc1ccc(CNC2CCOC2)c(-c2cnccc2-c2cnn(C)c2)c1. The predicted molar refractivity (Wildman–Crippen MR) is 117 cm³/mol. The Labute approximate surface area is 175 Å². The van der Waals surface area contributed by atoms with Crippen LogP contribution in [0, 0.1) is 0 Å². The molecule has 0 spiro atoms. The summed E-state index contributed by atoms with van der Waals surface area (Å²) in [5.74, 6) is -0.242. The Bertz CT molecular complexity index is 1050. The number of hydrogen-bond acceptors (Lipinski definition) is 5. The van der Waals surface area contributed by atoms with Crippen molar-refractivity contribution in [2.75, 3.05) is 18.5 Å². The standard InChI is InChI=1S/C23H25N5O2/c1-3-23(29)27-18-5-4-16(11-25-19-7-9-30-15-19)21(10-18)22-13-24-8-6-20(22)17-12-26-28(2)14-17/h3-6,8,10,12-14,19,25H,1,7,9,11,15H2,2H3,(H,27,29). The molecule has 1 saturated heterocycles. The van der Waals surface area contributed by atoms with Gasteiger partial charge in [-0.1, -0.05) is 12.6 Å². The van der Waals surface area contributed by atoms with E-state index in [1.165, 1.54) is 6.08 Å². The summed E-state index contributed by atoms with van der Waals surface area (Å²) >= 11 is 0. The van der Waals surface area contributed by atoms with Crippen LogP contribution in [0.4, 0.5) is 5.69 Å². The minimum Gasteiger partial charge on any atom is -0.380 e. The number of ether oxygens (including phenoxy) is 1. The van der Waals surface area contributed by atoms with Gasteiger partial charge in [-0.2, -0.15) is 5.10 Å². The summed E-state index contributed by atoms with van der Waals surface area (Å²) < 4.78 is 7.26. The Morgan fingerprint density at radius 1 is 1.30 bits per heavy atom. The van der Waals surface area contributed by atoms with Crippen molar-refractivity contribution in [3.05, 3.63) is 67.3 Å². The van der Waals surface area contributed by atoms with E-state index in [4.69, 9.17) is 4.74 Å². The van der Waals surface area contributed by atoms with Crippen LogP contribution in [0.5, 0.6) is 0 Å². The van der Waals surface area contributed by atoms with E-state index in [1.54, 1.807) is 10.9 Å². The lowest BCUT2D eigenvalue weighted by Crippen LogP contribution is -2.28. The molecule has 3 heterocycles. The first-order chi connectivity index (χ1) is 14.6. The second-order valence-electron chi connectivity index (χ2n) is 7.33. The molecule has 2 N–H and O–H groups in total. The van der Waals surface area contributed by atoms with E-state index in [1.807, 2.05) is 49.9 Å². The van der Waals surface area contributed by atoms with Crippen LogP contribution in [0.15, 0.2) is 61.7 Å². The highest BCUT2D eigenvalue weighted by Crippen LogP contribution is 2.35. The molecule has 154 valence electrons. The van der Waals surface area contributed by atoms with Crippen LogP contribution in [-0.4, -0.2) is 39.9 Å². The van der Waals surface area contributed by atoms with Gasteiger partial charge in [-0.15, -0.1) is 0 Å². The maximum atomic E-state index is 11.8. The zero-order valence-corrected chi connectivity index (χ0v) is 17.0. The van der Waals surface area contributed by atoms with Crippen molar-refractivity contribution in [1.82, 2.24) is 20.1 Å². The topological polar surface area (TPSA) is 81.1 Å². The molecule has 1 fully saturated rings. The van der Waals surface area contributed by atoms with Gasteiger partial charge in [0.2, 0.25) is 5.91 Å². The van der Waals surface area contributed by atoms with Crippen molar-refractivity contribution in [3.8, 4) is 22.3 Å². The summed E-state index contributed by atoms with van der Waals surface area (Å²) in [4.78, 5) is 16.2. The number of aromatic nitrogens is 3. The Hall–Kier alpha value is -3.29. The summed E-state index contributed by atoms with van der Waals surface area (Å²) in [7, 11) is 1.90. The smallest absolute Gasteiger partial charge is 0.247 e.